The number of likely N-dealkylation sites (tertiary alicyclic amines) is 1. The summed E-state index contributed by atoms with van der Waals surface area (Å²) in [7, 11) is 3.69. The zero-order valence-corrected chi connectivity index (χ0v) is 16.5. The maximum atomic E-state index is 13.0. The number of benzene rings is 1. The minimum absolute atomic E-state index is 0.00466. The molecule has 0 N–H and O–H groups in total. The van der Waals surface area contributed by atoms with E-state index in [0.29, 0.717) is 16.7 Å². The molecule has 1 aliphatic heterocycles. The Bertz CT molecular complexity index is 954. The predicted octanol–water partition coefficient (Wildman–Crippen LogP) is 2.14. The van der Waals surface area contributed by atoms with Crippen LogP contribution in [0.4, 0.5) is 0 Å². The Hall–Kier alpha value is -2.80. The van der Waals surface area contributed by atoms with Gasteiger partial charge in [-0.2, -0.15) is 0 Å². The van der Waals surface area contributed by atoms with Crippen molar-refractivity contribution >= 4 is 17.1 Å². The zero-order valence-electron chi connectivity index (χ0n) is 16.5. The van der Waals surface area contributed by atoms with Crippen molar-refractivity contribution in [1.82, 2.24) is 29.8 Å². The lowest BCUT2D eigenvalue weighted by Crippen LogP contribution is -2.49. The van der Waals surface area contributed by atoms with E-state index in [-0.39, 0.29) is 11.9 Å². The molecule has 1 unspecified atom stereocenters. The third-order valence-electron chi connectivity index (χ3n) is 5.60. The van der Waals surface area contributed by atoms with Gasteiger partial charge in [-0.1, -0.05) is 35.5 Å². The SMILES string of the molecule is CN(C(=O)c1cnc2c(c1)nnn2C)C1CCCN(CCc2ccccc2)C1. The third-order valence-corrected chi connectivity index (χ3v) is 5.60. The Balaban J connectivity index is 1.39. The molecule has 7 heteroatoms. The molecule has 0 radical (unpaired) electrons. The maximum absolute atomic E-state index is 13.0. The number of fused-ring (bicyclic) bond motifs is 1. The van der Waals surface area contributed by atoms with Gasteiger partial charge in [-0.05, 0) is 37.4 Å². The molecule has 4 rings (SSSR count). The van der Waals surface area contributed by atoms with Crippen LogP contribution in [-0.2, 0) is 13.5 Å². The Morgan fingerprint density at radius 2 is 2.11 bits per heavy atom. The van der Waals surface area contributed by atoms with Gasteiger partial charge in [-0.25, -0.2) is 9.67 Å². The van der Waals surface area contributed by atoms with E-state index in [9.17, 15) is 4.79 Å². The lowest BCUT2D eigenvalue weighted by molar-refractivity contribution is 0.0619. The number of piperidine rings is 1. The van der Waals surface area contributed by atoms with Crippen LogP contribution in [-0.4, -0.2) is 68.4 Å². The molecular weight excluding hydrogens is 352 g/mol. The van der Waals surface area contributed by atoms with E-state index >= 15 is 0 Å². The second-order valence-electron chi connectivity index (χ2n) is 7.53. The summed E-state index contributed by atoms with van der Waals surface area (Å²) in [4.78, 5) is 21.7. The first-order valence-electron chi connectivity index (χ1n) is 9.80. The first-order chi connectivity index (χ1) is 13.6. The number of nitrogens with zero attached hydrogens (tertiary/aromatic N) is 6. The van der Waals surface area contributed by atoms with Crippen LogP contribution in [0.1, 0.15) is 28.8 Å². The predicted molar refractivity (Wildman–Crippen MR) is 108 cm³/mol. The van der Waals surface area contributed by atoms with Crippen molar-refractivity contribution in [1.29, 1.82) is 0 Å². The molecule has 0 aliphatic carbocycles. The van der Waals surface area contributed by atoms with Gasteiger partial charge in [-0.15, -0.1) is 5.10 Å². The molecule has 1 aromatic carbocycles. The van der Waals surface area contributed by atoms with Crippen molar-refractivity contribution in [3.63, 3.8) is 0 Å². The monoisotopic (exact) mass is 378 g/mol. The minimum Gasteiger partial charge on any atom is -0.337 e. The molecule has 1 saturated heterocycles. The highest BCUT2D eigenvalue weighted by Crippen LogP contribution is 2.18. The van der Waals surface area contributed by atoms with Crippen LogP contribution < -0.4 is 0 Å². The average molecular weight is 378 g/mol. The summed E-state index contributed by atoms with van der Waals surface area (Å²) >= 11 is 0. The highest BCUT2D eigenvalue weighted by Gasteiger charge is 2.27. The summed E-state index contributed by atoms with van der Waals surface area (Å²) in [6.07, 6.45) is 4.81. The summed E-state index contributed by atoms with van der Waals surface area (Å²) in [5, 5.41) is 8.03. The number of carbonyl (C=O) groups excluding carboxylic acids is 1. The van der Waals surface area contributed by atoms with Crippen molar-refractivity contribution in [3.05, 3.63) is 53.7 Å². The van der Waals surface area contributed by atoms with Gasteiger partial charge in [0.1, 0.15) is 5.52 Å². The average Bonchev–Trinajstić information content (AvgIpc) is 3.12. The molecular formula is C21H26N6O. The Morgan fingerprint density at radius 1 is 1.29 bits per heavy atom. The lowest BCUT2D eigenvalue weighted by Gasteiger charge is -2.37. The fourth-order valence-electron chi connectivity index (χ4n) is 3.90. The standard InChI is InChI=1S/C21H26N6O/c1-25(21(28)17-13-19-20(22-14-17)26(2)24-23-19)18-9-6-11-27(15-18)12-10-16-7-4-3-5-8-16/h3-5,7-8,13-14,18H,6,9-12,15H2,1-2H3. The topological polar surface area (TPSA) is 67.2 Å². The maximum Gasteiger partial charge on any atom is 0.255 e. The normalized spacial score (nSPS) is 17.7. The van der Waals surface area contributed by atoms with Crippen molar-refractivity contribution in [2.45, 2.75) is 25.3 Å². The third kappa shape index (κ3) is 3.89. The zero-order chi connectivity index (χ0) is 19.5. The molecule has 1 amide bonds. The van der Waals surface area contributed by atoms with Crippen LogP contribution in [0.15, 0.2) is 42.6 Å². The van der Waals surface area contributed by atoms with E-state index in [0.717, 1.165) is 38.9 Å². The highest BCUT2D eigenvalue weighted by atomic mass is 16.2. The molecule has 1 fully saturated rings. The van der Waals surface area contributed by atoms with Crippen molar-refractivity contribution < 1.29 is 4.79 Å². The fourth-order valence-corrected chi connectivity index (χ4v) is 3.90. The van der Waals surface area contributed by atoms with Gasteiger partial charge < -0.3 is 9.80 Å². The largest absolute Gasteiger partial charge is 0.337 e. The van der Waals surface area contributed by atoms with E-state index in [4.69, 9.17) is 0 Å². The molecule has 146 valence electrons. The molecule has 1 aliphatic rings. The van der Waals surface area contributed by atoms with Gasteiger partial charge in [0.2, 0.25) is 0 Å². The first kappa shape index (κ1) is 18.6. The fraction of sp³-hybridized carbons (Fsp3) is 0.429. The van der Waals surface area contributed by atoms with Crippen molar-refractivity contribution in [2.75, 3.05) is 26.7 Å². The van der Waals surface area contributed by atoms with E-state index in [1.165, 1.54) is 5.56 Å². The molecule has 0 bridgehead atoms. The number of pyridine rings is 1. The van der Waals surface area contributed by atoms with Crippen molar-refractivity contribution in [3.8, 4) is 0 Å². The molecule has 1 atom stereocenters. The number of carbonyl (C=O) groups is 1. The molecule has 0 spiro atoms. The summed E-state index contributed by atoms with van der Waals surface area (Å²) < 4.78 is 1.61. The molecule has 3 heterocycles. The Kier molecular flexibility index (Phi) is 5.34. The number of hydrogen-bond donors (Lipinski definition) is 0. The summed E-state index contributed by atoms with van der Waals surface area (Å²) in [5.41, 5.74) is 3.26. The molecule has 2 aromatic heterocycles. The van der Waals surface area contributed by atoms with Gasteiger partial charge >= 0.3 is 0 Å². The number of rotatable bonds is 5. The summed E-state index contributed by atoms with van der Waals surface area (Å²) in [6, 6.07) is 12.6. The van der Waals surface area contributed by atoms with Crippen LogP contribution >= 0.6 is 0 Å². The number of likely N-dealkylation sites (N-methyl/N-ethyl adjacent to an activating group) is 1. The van der Waals surface area contributed by atoms with Gasteiger partial charge in [0.15, 0.2) is 5.65 Å². The number of hydrogen-bond acceptors (Lipinski definition) is 5. The number of amides is 1. The molecule has 3 aromatic rings. The summed E-state index contributed by atoms with van der Waals surface area (Å²) in [5.74, 6) is -0.00466. The van der Waals surface area contributed by atoms with E-state index in [1.807, 2.05) is 18.0 Å². The Morgan fingerprint density at radius 3 is 2.93 bits per heavy atom. The number of aryl methyl sites for hydroxylation is 1. The first-order valence-corrected chi connectivity index (χ1v) is 9.80. The van der Waals surface area contributed by atoms with Crippen LogP contribution in [0.5, 0.6) is 0 Å². The van der Waals surface area contributed by atoms with Crippen LogP contribution in [0.3, 0.4) is 0 Å². The minimum atomic E-state index is -0.00466. The van der Waals surface area contributed by atoms with Gasteiger partial charge in [0.25, 0.3) is 5.91 Å². The van der Waals surface area contributed by atoms with Gasteiger partial charge in [0, 0.05) is 39.4 Å². The summed E-state index contributed by atoms with van der Waals surface area (Å²) in [6.45, 7) is 3.03. The second-order valence-corrected chi connectivity index (χ2v) is 7.53. The Labute approximate surface area is 165 Å². The second kappa shape index (κ2) is 8.06. The quantitative estimate of drug-likeness (QED) is 0.680. The van der Waals surface area contributed by atoms with E-state index in [1.54, 1.807) is 24.0 Å². The molecule has 0 saturated carbocycles. The van der Waals surface area contributed by atoms with Gasteiger partial charge in [0.05, 0.1) is 5.56 Å². The number of aromatic nitrogens is 4. The molecule has 7 nitrogen and oxygen atoms in total. The van der Waals surface area contributed by atoms with Crippen molar-refractivity contribution in [2.24, 2.45) is 7.05 Å². The van der Waals surface area contributed by atoms with E-state index in [2.05, 4.69) is 44.5 Å². The van der Waals surface area contributed by atoms with E-state index < -0.39 is 0 Å². The van der Waals surface area contributed by atoms with Crippen LogP contribution in [0, 0.1) is 0 Å². The highest BCUT2D eigenvalue weighted by molar-refractivity contribution is 5.96. The van der Waals surface area contributed by atoms with Gasteiger partial charge in [-0.3, -0.25) is 4.79 Å². The van der Waals surface area contributed by atoms with Crippen LogP contribution in [0.2, 0.25) is 0 Å². The van der Waals surface area contributed by atoms with Crippen LogP contribution in [0.25, 0.3) is 11.2 Å². The smallest absolute Gasteiger partial charge is 0.255 e. The molecule has 28 heavy (non-hydrogen) atoms. The lowest BCUT2D eigenvalue weighted by atomic mass is 10.0.